The molecule has 3 rings (SSSR count). The number of urea groups is 1. The van der Waals surface area contributed by atoms with E-state index in [0.717, 1.165) is 19.2 Å². The molecule has 0 radical (unpaired) electrons. The molecular weight excluding hydrogens is 448 g/mol. The molecule has 31 heavy (non-hydrogen) atoms. The van der Waals surface area contributed by atoms with Gasteiger partial charge in [0.2, 0.25) is 0 Å². The number of aromatic nitrogens is 2. The Bertz CT molecular complexity index is 1180. The molecule has 1 N–H and O–H groups in total. The predicted octanol–water partition coefficient (Wildman–Crippen LogP) is 2.54. The van der Waals surface area contributed by atoms with Gasteiger partial charge in [-0.05, 0) is 12.1 Å². The van der Waals surface area contributed by atoms with E-state index < -0.39 is 40.7 Å². The van der Waals surface area contributed by atoms with Crippen LogP contribution in [0, 0.1) is 5.82 Å². The van der Waals surface area contributed by atoms with Crippen molar-refractivity contribution in [3.8, 4) is 5.69 Å². The van der Waals surface area contributed by atoms with Crippen molar-refractivity contribution in [1.29, 1.82) is 0 Å². The summed E-state index contributed by atoms with van der Waals surface area (Å²) in [6.07, 6.45) is -4.63. The molecule has 166 valence electrons. The fourth-order valence-corrected chi connectivity index (χ4v) is 3.28. The van der Waals surface area contributed by atoms with Gasteiger partial charge in [-0.2, -0.15) is 13.2 Å². The number of nitrogens with one attached hydrogen (secondary N) is 1. The van der Waals surface area contributed by atoms with Gasteiger partial charge in [-0.3, -0.25) is 14.2 Å². The van der Waals surface area contributed by atoms with Crippen LogP contribution in [0.15, 0.2) is 27.8 Å². The monoisotopic (exact) mass is 462 g/mol. The van der Waals surface area contributed by atoms with E-state index in [1.165, 1.54) is 4.90 Å². The maximum atomic E-state index is 14.5. The number of alkyl halides is 3. The molecule has 0 unspecified atom stereocenters. The molecule has 13 heteroatoms. The van der Waals surface area contributed by atoms with Crippen LogP contribution in [0.2, 0.25) is 5.02 Å². The summed E-state index contributed by atoms with van der Waals surface area (Å²) in [5, 5.41) is 2.13. The number of amides is 2. The number of benzene rings is 1. The molecule has 2 aromatic rings. The second-order valence-corrected chi connectivity index (χ2v) is 7.19. The molecule has 8 nitrogen and oxygen atoms in total. The average Bonchev–Trinajstić information content (AvgIpc) is 2.67. The predicted molar refractivity (Wildman–Crippen MR) is 102 cm³/mol. The van der Waals surface area contributed by atoms with E-state index in [1.807, 2.05) is 0 Å². The van der Waals surface area contributed by atoms with Crippen molar-refractivity contribution in [1.82, 2.24) is 14.0 Å². The number of halogens is 5. The van der Waals surface area contributed by atoms with Gasteiger partial charge < -0.3 is 10.2 Å². The first kappa shape index (κ1) is 22.5. The summed E-state index contributed by atoms with van der Waals surface area (Å²) in [4.78, 5) is 49.7. The van der Waals surface area contributed by atoms with Crippen molar-refractivity contribution in [3.63, 3.8) is 0 Å². The lowest BCUT2D eigenvalue weighted by Gasteiger charge is -2.26. The second-order valence-electron chi connectivity index (χ2n) is 6.78. The fraction of sp³-hybridized carbons (Fsp3) is 0.333. The van der Waals surface area contributed by atoms with Crippen LogP contribution in [0.25, 0.3) is 5.69 Å². The van der Waals surface area contributed by atoms with Gasteiger partial charge in [-0.15, -0.1) is 0 Å². The van der Waals surface area contributed by atoms with Crippen LogP contribution in [0.3, 0.4) is 0 Å². The van der Waals surface area contributed by atoms with Crippen molar-refractivity contribution in [2.24, 2.45) is 7.05 Å². The summed E-state index contributed by atoms with van der Waals surface area (Å²) >= 11 is 5.94. The molecule has 2 amide bonds. The van der Waals surface area contributed by atoms with Crippen LogP contribution in [0.1, 0.15) is 18.5 Å². The van der Waals surface area contributed by atoms with Crippen LogP contribution < -0.4 is 16.6 Å². The number of piperidine rings is 1. The molecule has 1 aliphatic rings. The minimum absolute atomic E-state index is 0.00340. The minimum atomic E-state index is -4.97. The number of carbonyl (C=O) groups is 2. The van der Waals surface area contributed by atoms with Crippen molar-refractivity contribution in [2.75, 3.05) is 18.4 Å². The molecule has 0 saturated carbocycles. The van der Waals surface area contributed by atoms with Gasteiger partial charge in [-0.25, -0.2) is 18.5 Å². The Morgan fingerprint density at radius 3 is 2.29 bits per heavy atom. The van der Waals surface area contributed by atoms with Gasteiger partial charge in [0.05, 0.1) is 16.4 Å². The van der Waals surface area contributed by atoms with Crippen LogP contribution >= 0.6 is 11.6 Å². The number of Topliss-reactive ketones (excluding diaryl/α,β-unsaturated/α-hetero) is 1. The first-order valence-electron chi connectivity index (χ1n) is 8.87. The number of nitrogens with zero attached hydrogens (tertiary/aromatic N) is 3. The summed E-state index contributed by atoms with van der Waals surface area (Å²) in [7, 11) is 0.787. The third-order valence-corrected chi connectivity index (χ3v) is 5.05. The topological polar surface area (TPSA) is 93.4 Å². The van der Waals surface area contributed by atoms with Crippen molar-refractivity contribution < 1.29 is 27.2 Å². The van der Waals surface area contributed by atoms with Crippen LogP contribution in [-0.4, -0.2) is 38.9 Å². The third kappa shape index (κ3) is 4.48. The molecule has 1 aliphatic heterocycles. The van der Waals surface area contributed by atoms with Gasteiger partial charge in [-0.1, -0.05) is 11.6 Å². The number of carbonyl (C=O) groups excluding carboxylic acids is 2. The highest BCUT2D eigenvalue weighted by Gasteiger charge is 2.35. The van der Waals surface area contributed by atoms with E-state index in [4.69, 9.17) is 11.6 Å². The van der Waals surface area contributed by atoms with Crippen LogP contribution in [-0.2, 0) is 18.0 Å². The Hall–Kier alpha value is -3.15. The Morgan fingerprint density at radius 1 is 1.10 bits per heavy atom. The minimum Gasteiger partial charge on any atom is -0.324 e. The lowest BCUT2D eigenvalue weighted by atomic mass is 10.1. The zero-order chi connectivity index (χ0) is 23.1. The maximum Gasteiger partial charge on any atom is 0.431 e. The molecule has 1 fully saturated rings. The molecule has 1 aromatic heterocycles. The van der Waals surface area contributed by atoms with Crippen molar-refractivity contribution >= 4 is 29.1 Å². The first-order valence-corrected chi connectivity index (χ1v) is 9.25. The molecule has 0 bridgehead atoms. The van der Waals surface area contributed by atoms with E-state index in [-0.39, 0.29) is 57.6 Å². The number of hydrogen-bond donors (Lipinski definition) is 1. The van der Waals surface area contributed by atoms with E-state index in [9.17, 15) is 36.7 Å². The lowest BCUT2D eigenvalue weighted by Crippen LogP contribution is -2.42. The highest BCUT2D eigenvalue weighted by molar-refractivity contribution is 6.33. The molecule has 2 heterocycles. The van der Waals surface area contributed by atoms with Gasteiger partial charge in [0.15, 0.2) is 0 Å². The Morgan fingerprint density at radius 2 is 1.71 bits per heavy atom. The standard InChI is InChI=1S/C18H15ClF4N4O4/c1-25-14(18(21,22)23)8-15(29)27(17(25)31)13-7-12(10(19)6-11(13)20)24-16(30)26-4-2-9(28)3-5-26/h6-8H,2-5H2,1H3,(H,24,30). The SMILES string of the molecule is Cn1c(C(F)(F)F)cc(=O)n(-c2cc(NC(=O)N3CCC(=O)CC3)c(Cl)cc2F)c1=O. The normalized spacial score (nSPS) is 14.6. The van der Waals surface area contributed by atoms with E-state index in [1.54, 1.807) is 0 Å². The zero-order valence-corrected chi connectivity index (χ0v) is 16.7. The number of ketones is 1. The van der Waals surface area contributed by atoms with E-state index in [2.05, 4.69) is 5.32 Å². The first-order chi connectivity index (χ1) is 14.4. The quantitative estimate of drug-likeness (QED) is 0.694. The number of hydrogen-bond acceptors (Lipinski definition) is 4. The summed E-state index contributed by atoms with van der Waals surface area (Å²) in [5.74, 6) is -1.16. The van der Waals surface area contributed by atoms with Gasteiger partial charge in [0, 0.05) is 39.0 Å². The molecule has 0 spiro atoms. The van der Waals surface area contributed by atoms with E-state index in [0.29, 0.717) is 0 Å². The Kier molecular flexibility index (Phi) is 5.94. The second kappa shape index (κ2) is 8.17. The maximum absolute atomic E-state index is 14.5. The smallest absolute Gasteiger partial charge is 0.324 e. The number of anilines is 1. The third-order valence-electron chi connectivity index (χ3n) is 4.74. The highest BCUT2D eigenvalue weighted by Crippen LogP contribution is 2.29. The largest absolute Gasteiger partial charge is 0.431 e. The zero-order valence-electron chi connectivity index (χ0n) is 15.9. The van der Waals surface area contributed by atoms with Crippen molar-refractivity contribution in [3.05, 3.63) is 55.6 Å². The fourth-order valence-electron chi connectivity index (χ4n) is 3.08. The molecule has 1 aromatic carbocycles. The summed E-state index contributed by atoms with van der Waals surface area (Å²) < 4.78 is 53.9. The van der Waals surface area contributed by atoms with Crippen molar-refractivity contribution in [2.45, 2.75) is 19.0 Å². The molecule has 1 saturated heterocycles. The Labute approximate surface area is 176 Å². The summed E-state index contributed by atoms with van der Waals surface area (Å²) in [6, 6.07) is 1.11. The Balaban J connectivity index is 2.03. The van der Waals surface area contributed by atoms with Gasteiger partial charge >= 0.3 is 17.9 Å². The molecular formula is C18H15ClF4N4O4. The summed E-state index contributed by atoms with van der Waals surface area (Å²) in [6.45, 7) is 0.324. The number of likely N-dealkylation sites (tertiary alicyclic amines) is 1. The van der Waals surface area contributed by atoms with Gasteiger partial charge in [0.1, 0.15) is 17.3 Å². The highest BCUT2D eigenvalue weighted by atomic mass is 35.5. The van der Waals surface area contributed by atoms with E-state index >= 15 is 0 Å². The number of rotatable bonds is 2. The van der Waals surface area contributed by atoms with Crippen LogP contribution in [0.5, 0.6) is 0 Å². The van der Waals surface area contributed by atoms with Crippen LogP contribution in [0.4, 0.5) is 28.0 Å². The lowest BCUT2D eigenvalue weighted by molar-refractivity contribution is -0.144. The summed E-state index contributed by atoms with van der Waals surface area (Å²) in [5.41, 5.74) is -5.21. The molecule has 0 atom stereocenters. The average molecular weight is 463 g/mol. The van der Waals surface area contributed by atoms with Gasteiger partial charge in [0.25, 0.3) is 5.56 Å². The molecule has 0 aliphatic carbocycles.